The van der Waals surface area contributed by atoms with Gasteiger partial charge in [0.1, 0.15) is 0 Å². The third kappa shape index (κ3) is 4.34. The van der Waals surface area contributed by atoms with Gasteiger partial charge >= 0.3 is 0 Å². The first-order valence-electron chi connectivity index (χ1n) is 6.23. The van der Waals surface area contributed by atoms with Gasteiger partial charge in [-0.05, 0) is 19.1 Å². The first-order chi connectivity index (χ1) is 8.74. The predicted molar refractivity (Wildman–Crippen MR) is 77.2 cm³/mol. The standard InChI is InChI=1S/C10H9NO.C3H8O.C2H6/c1-11-9(7-12)6-8-4-2-3-5-10(8)11;1-3-4-2;1-2/h2-7H,1H3;3H2,1-2H3;1-2H3. The molecule has 0 bridgehead atoms. The van der Waals surface area contributed by atoms with Crippen molar-refractivity contribution in [3.63, 3.8) is 0 Å². The molecule has 0 aliphatic heterocycles. The van der Waals surface area contributed by atoms with Crippen LogP contribution in [0.4, 0.5) is 0 Å². The van der Waals surface area contributed by atoms with Crippen LogP contribution in [0.15, 0.2) is 30.3 Å². The van der Waals surface area contributed by atoms with Gasteiger partial charge in [0.2, 0.25) is 0 Å². The average molecular weight is 249 g/mol. The van der Waals surface area contributed by atoms with Crippen molar-refractivity contribution in [2.75, 3.05) is 13.7 Å². The number of aldehydes is 1. The summed E-state index contributed by atoms with van der Waals surface area (Å²) in [6.07, 6.45) is 0.875. The highest BCUT2D eigenvalue weighted by Gasteiger charge is 2.01. The minimum absolute atomic E-state index is 0.719. The summed E-state index contributed by atoms with van der Waals surface area (Å²) < 4.78 is 6.43. The van der Waals surface area contributed by atoms with Crippen molar-refractivity contribution in [1.82, 2.24) is 4.57 Å². The maximum atomic E-state index is 10.6. The van der Waals surface area contributed by atoms with Crippen LogP contribution in [-0.2, 0) is 11.8 Å². The molecule has 0 fully saturated rings. The Labute approximate surface area is 109 Å². The zero-order valence-electron chi connectivity index (χ0n) is 11.9. The van der Waals surface area contributed by atoms with Crippen molar-refractivity contribution in [2.24, 2.45) is 7.05 Å². The number of carbonyl (C=O) groups excluding carboxylic acids is 1. The zero-order chi connectivity index (χ0) is 14.0. The van der Waals surface area contributed by atoms with E-state index in [-0.39, 0.29) is 0 Å². The quantitative estimate of drug-likeness (QED) is 0.760. The fraction of sp³-hybridized carbons (Fsp3) is 0.400. The number of benzene rings is 1. The normalized spacial score (nSPS) is 8.94. The van der Waals surface area contributed by atoms with Crippen LogP contribution in [0.5, 0.6) is 0 Å². The number of para-hydroxylation sites is 1. The topological polar surface area (TPSA) is 31.2 Å². The van der Waals surface area contributed by atoms with E-state index in [4.69, 9.17) is 0 Å². The molecule has 0 aliphatic carbocycles. The van der Waals surface area contributed by atoms with Crippen LogP contribution in [0, 0.1) is 0 Å². The van der Waals surface area contributed by atoms with Gasteiger partial charge in [0, 0.05) is 31.7 Å². The number of nitrogens with zero attached hydrogens (tertiary/aromatic N) is 1. The van der Waals surface area contributed by atoms with Gasteiger partial charge in [-0.3, -0.25) is 4.79 Å². The summed E-state index contributed by atoms with van der Waals surface area (Å²) in [6.45, 7) is 6.78. The van der Waals surface area contributed by atoms with Crippen molar-refractivity contribution in [2.45, 2.75) is 20.8 Å². The molecule has 18 heavy (non-hydrogen) atoms. The highest BCUT2D eigenvalue weighted by molar-refractivity contribution is 5.88. The average Bonchev–Trinajstić information content (AvgIpc) is 2.78. The van der Waals surface area contributed by atoms with Gasteiger partial charge < -0.3 is 9.30 Å². The molecule has 0 unspecified atom stereocenters. The Hall–Kier alpha value is -1.61. The van der Waals surface area contributed by atoms with E-state index in [0.717, 1.165) is 29.5 Å². The van der Waals surface area contributed by atoms with Crippen LogP contribution in [0.3, 0.4) is 0 Å². The summed E-state index contributed by atoms with van der Waals surface area (Å²) in [7, 11) is 3.58. The smallest absolute Gasteiger partial charge is 0.166 e. The molecular formula is C15H23NO2. The maximum absolute atomic E-state index is 10.6. The molecule has 0 atom stereocenters. The Bertz CT molecular complexity index is 458. The highest BCUT2D eigenvalue weighted by atomic mass is 16.5. The molecule has 0 saturated carbocycles. The fourth-order valence-electron chi connectivity index (χ4n) is 1.42. The van der Waals surface area contributed by atoms with E-state index < -0.39 is 0 Å². The molecule has 0 N–H and O–H groups in total. The van der Waals surface area contributed by atoms with Crippen molar-refractivity contribution in [1.29, 1.82) is 0 Å². The second kappa shape index (κ2) is 9.42. The molecule has 100 valence electrons. The van der Waals surface area contributed by atoms with Gasteiger partial charge in [-0.1, -0.05) is 32.0 Å². The first-order valence-corrected chi connectivity index (χ1v) is 6.23. The minimum atomic E-state index is 0.719. The van der Waals surface area contributed by atoms with Gasteiger partial charge in [-0.15, -0.1) is 0 Å². The van der Waals surface area contributed by atoms with Crippen LogP contribution < -0.4 is 0 Å². The first kappa shape index (κ1) is 16.4. The molecule has 1 heterocycles. The highest BCUT2D eigenvalue weighted by Crippen LogP contribution is 2.16. The van der Waals surface area contributed by atoms with Crippen LogP contribution >= 0.6 is 0 Å². The second-order valence-electron chi connectivity index (χ2n) is 3.38. The number of hydrogen-bond donors (Lipinski definition) is 0. The van der Waals surface area contributed by atoms with E-state index in [9.17, 15) is 4.79 Å². The lowest BCUT2D eigenvalue weighted by Gasteiger charge is -1.95. The third-order valence-corrected chi connectivity index (χ3v) is 2.40. The van der Waals surface area contributed by atoms with Gasteiger partial charge in [-0.2, -0.15) is 0 Å². The van der Waals surface area contributed by atoms with E-state index in [1.807, 2.05) is 62.7 Å². The number of carbonyl (C=O) groups is 1. The maximum Gasteiger partial charge on any atom is 0.166 e. The van der Waals surface area contributed by atoms with E-state index >= 15 is 0 Å². The molecule has 2 rings (SSSR count). The second-order valence-corrected chi connectivity index (χ2v) is 3.38. The largest absolute Gasteiger partial charge is 0.385 e. The molecule has 0 amide bonds. The molecule has 3 nitrogen and oxygen atoms in total. The van der Waals surface area contributed by atoms with E-state index in [0.29, 0.717) is 0 Å². The molecule has 3 heteroatoms. The summed E-state index contributed by atoms with van der Waals surface area (Å²) in [5, 5.41) is 1.11. The Kier molecular flexibility index (Phi) is 8.58. The molecule has 1 aromatic carbocycles. The van der Waals surface area contributed by atoms with Gasteiger partial charge in [0.15, 0.2) is 6.29 Å². The fourth-order valence-corrected chi connectivity index (χ4v) is 1.42. The Balaban J connectivity index is 0.000000415. The molecular weight excluding hydrogens is 226 g/mol. The number of aryl methyl sites for hydroxylation is 1. The summed E-state index contributed by atoms with van der Waals surface area (Å²) in [6, 6.07) is 9.83. The van der Waals surface area contributed by atoms with Gasteiger partial charge in [0.25, 0.3) is 0 Å². The number of fused-ring (bicyclic) bond motifs is 1. The lowest BCUT2D eigenvalue weighted by atomic mass is 10.2. The number of methoxy groups -OCH3 is 1. The van der Waals surface area contributed by atoms with Crippen LogP contribution in [0.25, 0.3) is 10.9 Å². The molecule has 1 aromatic heterocycles. The molecule has 2 aromatic rings. The summed E-state index contributed by atoms with van der Waals surface area (Å²) in [4.78, 5) is 10.6. The SMILES string of the molecule is CC.CCOC.Cn1c(C=O)cc2ccccc21. The van der Waals surface area contributed by atoms with E-state index in [1.54, 1.807) is 7.11 Å². The lowest BCUT2D eigenvalue weighted by molar-refractivity contribution is 0.111. The van der Waals surface area contributed by atoms with Crippen molar-refractivity contribution in [3.05, 3.63) is 36.0 Å². The molecule has 0 radical (unpaired) electrons. The third-order valence-electron chi connectivity index (χ3n) is 2.40. The monoisotopic (exact) mass is 249 g/mol. The summed E-state index contributed by atoms with van der Waals surface area (Å²) in [5.41, 5.74) is 1.82. The van der Waals surface area contributed by atoms with Crippen LogP contribution in [0.2, 0.25) is 0 Å². The minimum Gasteiger partial charge on any atom is -0.385 e. The van der Waals surface area contributed by atoms with Crippen molar-refractivity contribution >= 4 is 17.2 Å². The van der Waals surface area contributed by atoms with Gasteiger partial charge in [0.05, 0.1) is 5.69 Å². The number of rotatable bonds is 2. The van der Waals surface area contributed by atoms with E-state index in [2.05, 4.69) is 4.74 Å². The summed E-state index contributed by atoms with van der Waals surface area (Å²) >= 11 is 0. The Morgan fingerprint density at radius 1 is 1.28 bits per heavy atom. The van der Waals surface area contributed by atoms with Crippen molar-refractivity contribution < 1.29 is 9.53 Å². The summed E-state index contributed by atoms with van der Waals surface area (Å²) in [5.74, 6) is 0. The zero-order valence-corrected chi connectivity index (χ0v) is 11.9. The van der Waals surface area contributed by atoms with Crippen LogP contribution in [-0.4, -0.2) is 24.6 Å². The molecule has 0 aliphatic rings. The number of ether oxygens (including phenoxy) is 1. The van der Waals surface area contributed by atoms with E-state index in [1.165, 1.54) is 0 Å². The molecule has 0 spiro atoms. The number of hydrogen-bond acceptors (Lipinski definition) is 2. The van der Waals surface area contributed by atoms with Gasteiger partial charge in [-0.25, -0.2) is 0 Å². The van der Waals surface area contributed by atoms with Crippen LogP contribution in [0.1, 0.15) is 31.3 Å². The Morgan fingerprint density at radius 2 is 1.83 bits per heavy atom. The predicted octanol–water partition coefficient (Wildman–Crippen LogP) is 3.67. The number of aromatic nitrogens is 1. The Morgan fingerprint density at radius 3 is 2.28 bits per heavy atom. The molecule has 0 saturated heterocycles. The van der Waals surface area contributed by atoms with Crippen molar-refractivity contribution in [3.8, 4) is 0 Å². The lowest BCUT2D eigenvalue weighted by Crippen LogP contribution is -1.92.